The summed E-state index contributed by atoms with van der Waals surface area (Å²) in [6, 6.07) is 8.02. The monoisotopic (exact) mass is 246 g/mol. The first-order valence-corrected chi connectivity index (χ1v) is 6.81. The molecular weight excluding hydrogens is 224 g/mol. The third-order valence-corrected chi connectivity index (χ3v) is 3.47. The highest BCUT2D eigenvalue weighted by atomic mass is 16.2. The van der Waals surface area contributed by atoms with Gasteiger partial charge in [0.05, 0.1) is 6.04 Å². The minimum atomic E-state index is -0.0287. The number of piperidine rings is 1. The van der Waals surface area contributed by atoms with Crippen molar-refractivity contribution in [3.05, 3.63) is 29.8 Å². The molecule has 0 radical (unpaired) electrons. The molecule has 0 aromatic heterocycles. The van der Waals surface area contributed by atoms with Crippen LogP contribution in [0.5, 0.6) is 0 Å². The highest BCUT2D eigenvalue weighted by Gasteiger charge is 2.21. The Balaban J connectivity index is 2.06. The van der Waals surface area contributed by atoms with E-state index in [4.69, 9.17) is 0 Å². The Kier molecular flexibility index (Phi) is 4.37. The van der Waals surface area contributed by atoms with Gasteiger partial charge < -0.3 is 10.6 Å². The molecule has 0 bridgehead atoms. The Labute approximate surface area is 109 Å². The molecule has 1 aromatic carbocycles. The number of nitrogens with one attached hydrogen (secondary N) is 2. The second kappa shape index (κ2) is 6.01. The first kappa shape index (κ1) is 13.1. The number of benzene rings is 1. The first-order chi connectivity index (χ1) is 8.68. The fourth-order valence-electron chi connectivity index (χ4n) is 2.41. The fourth-order valence-corrected chi connectivity index (χ4v) is 2.41. The van der Waals surface area contributed by atoms with E-state index in [0.29, 0.717) is 5.92 Å². The maximum Gasteiger partial charge on any atom is 0.241 e. The standard InChI is InChI=1S/C15H22N2O/c1-11(2)12-7-3-4-8-13(12)17-15(18)14-9-5-6-10-16-14/h3-4,7-8,11,14,16H,5-6,9-10H2,1-2H3,(H,17,18). The lowest BCUT2D eigenvalue weighted by molar-refractivity contribution is -0.118. The third-order valence-electron chi connectivity index (χ3n) is 3.47. The van der Waals surface area contributed by atoms with E-state index in [2.05, 4.69) is 30.5 Å². The molecule has 2 N–H and O–H groups in total. The van der Waals surface area contributed by atoms with E-state index in [1.54, 1.807) is 0 Å². The Morgan fingerprint density at radius 3 is 2.78 bits per heavy atom. The Morgan fingerprint density at radius 1 is 1.33 bits per heavy atom. The molecule has 1 aliphatic rings. The maximum atomic E-state index is 12.2. The fraction of sp³-hybridized carbons (Fsp3) is 0.533. The summed E-state index contributed by atoms with van der Waals surface area (Å²) in [5.41, 5.74) is 2.14. The highest BCUT2D eigenvalue weighted by Crippen LogP contribution is 2.24. The minimum Gasteiger partial charge on any atom is -0.324 e. The SMILES string of the molecule is CC(C)c1ccccc1NC(=O)C1CCCCN1. The molecule has 0 spiro atoms. The molecule has 98 valence electrons. The van der Waals surface area contributed by atoms with Gasteiger partial charge in [0.15, 0.2) is 0 Å². The van der Waals surface area contributed by atoms with Gasteiger partial charge in [-0.2, -0.15) is 0 Å². The molecule has 2 rings (SSSR count). The van der Waals surface area contributed by atoms with Crippen LogP contribution in [0.25, 0.3) is 0 Å². The van der Waals surface area contributed by atoms with Crippen LogP contribution in [0.15, 0.2) is 24.3 Å². The summed E-state index contributed by atoms with van der Waals surface area (Å²) in [4.78, 5) is 12.2. The van der Waals surface area contributed by atoms with Gasteiger partial charge in [-0.1, -0.05) is 38.5 Å². The molecule has 1 amide bonds. The lowest BCUT2D eigenvalue weighted by atomic mass is 10.00. The van der Waals surface area contributed by atoms with E-state index >= 15 is 0 Å². The van der Waals surface area contributed by atoms with Gasteiger partial charge >= 0.3 is 0 Å². The Hall–Kier alpha value is -1.35. The summed E-state index contributed by atoms with van der Waals surface area (Å²) in [5.74, 6) is 0.517. The Morgan fingerprint density at radius 2 is 2.11 bits per heavy atom. The van der Waals surface area contributed by atoms with Crippen LogP contribution in [-0.4, -0.2) is 18.5 Å². The van der Waals surface area contributed by atoms with Gasteiger partial charge in [-0.15, -0.1) is 0 Å². The van der Waals surface area contributed by atoms with Gasteiger partial charge in [0.1, 0.15) is 0 Å². The lowest BCUT2D eigenvalue weighted by Crippen LogP contribution is -2.43. The lowest BCUT2D eigenvalue weighted by Gasteiger charge is -2.23. The zero-order valence-corrected chi connectivity index (χ0v) is 11.2. The van der Waals surface area contributed by atoms with Crippen LogP contribution < -0.4 is 10.6 Å². The number of carbonyl (C=O) groups excluding carboxylic acids is 1. The van der Waals surface area contributed by atoms with Gasteiger partial charge in [0.25, 0.3) is 0 Å². The van der Waals surface area contributed by atoms with Gasteiger partial charge in [0.2, 0.25) is 5.91 Å². The number of para-hydroxylation sites is 1. The first-order valence-electron chi connectivity index (χ1n) is 6.81. The molecule has 1 atom stereocenters. The van der Waals surface area contributed by atoms with Crippen molar-refractivity contribution in [1.82, 2.24) is 5.32 Å². The number of hydrogen-bond donors (Lipinski definition) is 2. The molecule has 3 heteroatoms. The van der Waals surface area contributed by atoms with Crippen molar-refractivity contribution in [2.45, 2.75) is 45.1 Å². The topological polar surface area (TPSA) is 41.1 Å². The van der Waals surface area contributed by atoms with Crippen molar-refractivity contribution in [2.24, 2.45) is 0 Å². The number of amides is 1. The van der Waals surface area contributed by atoms with Gasteiger partial charge in [-0.25, -0.2) is 0 Å². The molecule has 1 saturated heterocycles. The van der Waals surface area contributed by atoms with E-state index in [0.717, 1.165) is 25.1 Å². The molecule has 1 fully saturated rings. The highest BCUT2D eigenvalue weighted by molar-refractivity contribution is 5.95. The van der Waals surface area contributed by atoms with Gasteiger partial charge in [0, 0.05) is 5.69 Å². The van der Waals surface area contributed by atoms with Crippen molar-refractivity contribution in [2.75, 3.05) is 11.9 Å². The summed E-state index contributed by atoms with van der Waals surface area (Å²) in [6.45, 7) is 5.23. The Bertz CT molecular complexity index is 409. The molecule has 1 aliphatic heterocycles. The predicted octanol–water partition coefficient (Wildman–Crippen LogP) is 2.89. The number of anilines is 1. The van der Waals surface area contributed by atoms with Crippen molar-refractivity contribution >= 4 is 11.6 Å². The zero-order valence-electron chi connectivity index (χ0n) is 11.2. The van der Waals surface area contributed by atoms with E-state index in [9.17, 15) is 4.79 Å². The van der Waals surface area contributed by atoms with Crippen LogP contribution in [0.4, 0.5) is 5.69 Å². The van der Waals surface area contributed by atoms with Crippen LogP contribution in [0, 0.1) is 0 Å². The van der Waals surface area contributed by atoms with Crippen LogP contribution >= 0.6 is 0 Å². The molecule has 0 aliphatic carbocycles. The second-order valence-corrected chi connectivity index (χ2v) is 5.23. The summed E-state index contributed by atoms with van der Waals surface area (Å²) in [6.07, 6.45) is 3.25. The largest absolute Gasteiger partial charge is 0.324 e. The quantitative estimate of drug-likeness (QED) is 0.861. The predicted molar refractivity (Wildman–Crippen MR) is 74.8 cm³/mol. The van der Waals surface area contributed by atoms with Crippen molar-refractivity contribution < 1.29 is 4.79 Å². The van der Waals surface area contributed by atoms with Crippen molar-refractivity contribution in [3.63, 3.8) is 0 Å². The van der Waals surface area contributed by atoms with Crippen LogP contribution in [0.2, 0.25) is 0 Å². The molecule has 18 heavy (non-hydrogen) atoms. The number of carbonyl (C=O) groups is 1. The van der Waals surface area contributed by atoms with E-state index in [1.165, 1.54) is 12.0 Å². The number of hydrogen-bond acceptors (Lipinski definition) is 2. The van der Waals surface area contributed by atoms with Crippen molar-refractivity contribution in [3.8, 4) is 0 Å². The smallest absolute Gasteiger partial charge is 0.241 e. The molecule has 1 heterocycles. The third kappa shape index (κ3) is 3.10. The average molecular weight is 246 g/mol. The van der Waals surface area contributed by atoms with Gasteiger partial charge in [-0.3, -0.25) is 4.79 Å². The van der Waals surface area contributed by atoms with E-state index in [1.807, 2.05) is 18.2 Å². The molecule has 0 saturated carbocycles. The summed E-state index contributed by atoms with van der Waals surface area (Å²) in [5, 5.41) is 6.34. The normalized spacial score (nSPS) is 19.8. The maximum absolute atomic E-state index is 12.2. The zero-order chi connectivity index (χ0) is 13.0. The van der Waals surface area contributed by atoms with Gasteiger partial charge in [-0.05, 0) is 36.9 Å². The van der Waals surface area contributed by atoms with Crippen LogP contribution in [0.3, 0.4) is 0 Å². The number of rotatable bonds is 3. The van der Waals surface area contributed by atoms with Crippen LogP contribution in [0.1, 0.15) is 44.6 Å². The summed E-state index contributed by atoms with van der Waals surface area (Å²) >= 11 is 0. The molecule has 3 nitrogen and oxygen atoms in total. The summed E-state index contributed by atoms with van der Waals surface area (Å²) in [7, 11) is 0. The average Bonchev–Trinajstić information content (AvgIpc) is 2.40. The summed E-state index contributed by atoms with van der Waals surface area (Å²) < 4.78 is 0. The van der Waals surface area contributed by atoms with E-state index in [-0.39, 0.29) is 11.9 Å². The molecular formula is C15H22N2O. The second-order valence-electron chi connectivity index (χ2n) is 5.23. The van der Waals surface area contributed by atoms with Crippen molar-refractivity contribution in [1.29, 1.82) is 0 Å². The molecule has 1 unspecified atom stereocenters. The van der Waals surface area contributed by atoms with E-state index < -0.39 is 0 Å². The minimum absolute atomic E-state index is 0.0287. The van der Waals surface area contributed by atoms with Crippen LogP contribution in [-0.2, 0) is 4.79 Å². The molecule has 1 aromatic rings.